The molecule has 1 unspecified atom stereocenters. The van der Waals surface area contributed by atoms with Crippen molar-refractivity contribution in [3.8, 4) is 0 Å². The predicted molar refractivity (Wildman–Crippen MR) is 93.2 cm³/mol. The molecule has 4 N–H and O–H groups in total. The monoisotopic (exact) mass is 351 g/mol. The van der Waals surface area contributed by atoms with E-state index in [-0.39, 0.29) is 5.25 Å². The number of hydrogen-bond donors (Lipinski definition) is 2. The van der Waals surface area contributed by atoms with Gasteiger partial charge in [-0.05, 0) is 23.9 Å². The molecule has 0 aliphatic rings. The van der Waals surface area contributed by atoms with Gasteiger partial charge < -0.3 is 11.5 Å². The molecule has 22 heavy (non-hydrogen) atoms. The highest BCUT2D eigenvalue weighted by atomic mass is 35.5. The van der Waals surface area contributed by atoms with Crippen molar-refractivity contribution in [2.75, 3.05) is 5.73 Å². The summed E-state index contributed by atoms with van der Waals surface area (Å²) >= 11 is 9.04. The van der Waals surface area contributed by atoms with Crippen molar-refractivity contribution in [2.24, 2.45) is 5.73 Å². The van der Waals surface area contributed by atoms with Gasteiger partial charge in [-0.3, -0.25) is 4.98 Å². The number of halogens is 1. The summed E-state index contributed by atoms with van der Waals surface area (Å²) in [6.07, 6.45) is 1.89. The standard InChI is InChI=1S/C14H14ClN5S2/c1-7(22-14-19-12(15)3-13(17)20-14)10-2-9-8(4-16)6-21-11(9)5-18-10/h2-3,5-7H,4,16H2,1H3,(H2,17,19,20). The van der Waals surface area contributed by atoms with Crippen molar-refractivity contribution in [2.45, 2.75) is 23.9 Å². The van der Waals surface area contributed by atoms with Crippen molar-refractivity contribution in [1.82, 2.24) is 15.0 Å². The fourth-order valence-electron chi connectivity index (χ4n) is 2.07. The summed E-state index contributed by atoms with van der Waals surface area (Å²) in [5.41, 5.74) is 13.6. The van der Waals surface area contributed by atoms with Gasteiger partial charge in [-0.15, -0.1) is 11.3 Å². The molecule has 3 aromatic rings. The fourth-order valence-corrected chi connectivity index (χ4v) is 4.11. The van der Waals surface area contributed by atoms with Crippen LogP contribution in [0, 0.1) is 0 Å². The van der Waals surface area contributed by atoms with Gasteiger partial charge in [-0.25, -0.2) is 9.97 Å². The van der Waals surface area contributed by atoms with Gasteiger partial charge in [0.05, 0.1) is 15.6 Å². The Labute approximate surface area is 141 Å². The lowest BCUT2D eigenvalue weighted by Gasteiger charge is -2.10. The lowest BCUT2D eigenvalue weighted by molar-refractivity contribution is 0.947. The zero-order valence-electron chi connectivity index (χ0n) is 11.8. The van der Waals surface area contributed by atoms with Crippen LogP contribution in [0.4, 0.5) is 5.82 Å². The van der Waals surface area contributed by atoms with Crippen LogP contribution < -0.4 is 11.5 Å². The molecule has 3 rings (SSSR count). The number of thioether (sulfide) groups is 1. The maximum absolute atomic E-state index is 5.91. The Morgan fingerprint density at radius 2 is 2.18 bits per heavy atom. The summed E-state index contributed by atoms with van der Waals surface area (Å²) in [4.78, 5) is 12.9. The average molecular weight is 352 g/mol. The maximum Gasteiger partial charge on any atom is 0.191 e. The molecule has 0 radical (unpaired) electrons. The molecule has 1 atom stereocenters. The van der Waals surface area contributed by atoms with Gasteiger partial charge in [0.2, 0.25) is 0 Å². The number of thiophene rings is 1. The van der Waals surface area contributed by atoms with Crippen LogP contribution in [0.25, 0.3) is 10.1 Å². The molecular formula is C14H14ClN5S2. The molecule has 0 aliphatic carbocycles. The molecule has 0 fully saturated rings. The first-order valence-corrected chi connectivity index (χ1v) is 8.73. The minimum absolute atomic E-state index is 0.0767. The van der Waals surface area contributed by atoms with Gasteiger partial charge in [0.15, 0.2) is 5.16 Å². The van der Waals surface area contributed by atoms with Gasteiger partial charge in [-0.1, -0.05) is 23.4 Å². The smallest absolute Gasteiger partial charge is 0.191 e. The summed E-state index contributed by atoms with van der Waals surface area (Å²) in [5, 5.41) is 4.20. The molecule has 3 aromatic heterocycles. The number of fused-ring (bicyclic) bond motifs is 1. The first-order valence-electron chi connectivity index (χ1n) is 6.59. The van der Waals surface area contributed by atoms with Crippen molar-refractivity contribution in [3.63, 3.8) is 0 Å². The van der Waals surface area contributed by atoms with E-state index in [1.165, 1.54) is 17.8 Å². The molecule has 0 aliphatic heterocycles. The summed E-state index contributed by atoms with van der Waals surface area (Å²) in [7, 11) is 0. The third kappa shape index (κ3) is 3.17. The van der Waals surface area contributed by atoms with Crippen molar-refractivity contribution in [1.29, 1.82) is 0 Å². The number of rotatable bonds is 4. The minimum atomic E-state index is 0.0767. The highest BCUT2D eigenvalue weighted by molar-refractivity contribution is 7.99. The van der Waals surface area contributed by atoms with Crippen molar-refractivity contribution < 1.29 is 0 Å². The summed E-state index contributed by atoms with van der Waals surface area (Å²) in [6.45, 7) is 2.58. The van der Waals surface area contributed by atoms with Crippen LogP contribution in [0.1, 0.15) is 23.4 Å². The van der Waals surface area contributed by atoms with Crippen molar-refractivity contribution >= 4 is 50.6 Å². The number of anilines is 1. The van der Waals surface area contributed by atoms with Gasteiger partial charge in [-0.2, -0.15) is 0 Å². The number of nitrogens with two attached hydrogens (primary N) is 2. The second-order valence-electron chi connectivity index (χ2n) is 4.73. The lowest BCUT2D eigenvalue weighted by Crippen LogP contribution is -1.99. The zero-order chi connectivity index (χ0) is 15.7. The Morgan fingerprint density at radius 1 is 1.36 bits per heavy atom. The van der Waals surface area contributed by atoms with Gasteiger partial charge in [0.25, 0.3) is 0 Å². The van der Waals surface area contributed by atoms with Crippen LogP contribution in [-0.4, -0.2) is 15.0 Å². The van der Waals surface area contributed by atoms with Crippen LogP contribution in [-0.2, 0) is 6.54 Å². The molecule has 8 heteroatoms. The van der Waals surface area contributed by atoms with E-state index in [0.29, 0.717) is 22.7 Å². The topological polar surface area (TPSA) is 90.7 Å². The Hall–Kier alpha value is -1.41. The zero-order valence-corrected chi connectivity index (χ0v) is 14.2. The lowest BCUT2D eigenvalue weighted by atomic mass is 10.1. The fraction of sp³-hybridized carbons (Fsp3) is 0.214. The Morgan fingerprint density at radius 3 is 2.91 bits per heavy atom. The van der Waals surface area contributed by atoms with Crippen LogP contribution in [0.5, 0.6) is 0 Å². The molecule has 0 saturated carbocycles. The van der Waals surface area contributed by atoms with E-state index in [1.54, 1.807) is 11.3 Å². The second-order valence-corrected chi connectivity index (χ2v) is 7.34. The Bertz CT molecular complexity index is 800. The van der Waals surface area contributed by atoms with E-state index < -0.39 is 0 Å². The van der Waals surface area contributed by atoms with Gasteiger partial charge in [0.1, 0.15) is 11.0 Å². The average Bonchev–Trinajstić information content (AvgIpc) is 2.88. The highest BCUT2D eigenvalue weighted by Gasteiger charge is 2.14. The molecular weight excluding hydrogens is 338 g/mol. The third-order valence-corrected chi connectivity index (χ3v) is 5.34. The number of pyridine rings is 1. The van der Waals surface area contributed by atoms with E-state index >= 15 is 0 Å². The number of aromatic nitrogens is 3. The first kappa shape index (κ1) is 15.5. The molecule has 0 amide bonds. The molecule has 0 saturated heterocycles. The minimum Gasteiger partial charge on any atom is -0.384 e. The molecule has 0 spiro atoms. The summed E-state index contributed by atoms with van der Waals surface area (Å²) in [5.74, 6) is 0.362. The van der Waals surface area contributed by atoms with E-state index in [9.17, 15) is 0 Å². The maximum atomic E-state index is 5.91. The highest BCUT2D eigenvalue weighted by Crippen LogP contribution is 2.35. The van der Waals surface area contributed by atoms with E-state index in [1.807, 2.05) is 13.1 Å². The normalized spacial score (nSPS) is 12.7. The summed E-state index contributed by atoms with van der Waals surface area (Å²) in [6, 6.07) is 3.61. The molecule has 5 nitrogen and oxygen atoms in total. The number of nitrogens with zero attached hydrogens (tertiary/aromatic N) is 3. The number of hydrogen-bond acceptors (Lipinski definition) is 7. The third-order valence-electron chi connectivity index (χ3n) is 3.18. The largest absolute Gasteiger partial charge is 0.384 e. The van der Waals surface area contributed by atoms with E-state index in [0.717, 1.165) is 21.3 Å². The second kappa shape index (κ2) is 6.37. The summed E-state index contributed by atoms with van der Waals surface area (Å²) < 4.78 is 1.14. The van der Waals surface area contributed by atoms with Crippen LogP contribution in [0.3, 0.4) is 0 Å². The van der Waals surface area contributed by atoms with Gasteiger partial charge >= 0.3 is 0 Å². The predicted octanol–water partition coefficient (Wildman–Crippen LogP) is 3.63. The molecule has 0 bridgehead atoms. The number of nitrogen functional groups attached to an aromatic ring is 1. The van der Waals surface area contributed by atoms with Crippen LogP contribution in [0.2, 0.25) is 5.15 Å². The SMILES string of the molecule is CC(Sc1nc(N)cc(Cl)n1)c1cc2c(CN)csc2cn1. The molecule has 3 heterocycles. The first-order chi connectivity index (χ1) is 10.6. The van der Waals surface area contributed by atoms with E-state index in [2.05, 4.69) is 26.4 Å². The van der Waals surface area contributed by atoms with Crippen LogP contribution in [0.15, 0.2) is 28.9 Å². The Kier molecular flexibility index (Phi) is 4.49. The van der Waals surface area contributed by atoms with Crippen LogP contribution >= 0.6 is 34.7 Å². The van der Waals surface area contributed by atoms with E-state index in [4.69, 9.17) is 23.1 Å². The molecule has 0 aromatic carbocycles. The quantitative estimate of drug-likeness (QED) is 0.423. The molecule has 114 valence electrons. The Balaban J connectivity index is 1.89. The van der Waals surface area contributed by atoms with Crippen molar-refractivity contribution in [3.05, 3.63) is 40.1 Å². The van der Waals surface area contributed by atoms with Gasteiger partial charge in [0, 0.05) is 24.2 Å².